The molecule has 0 radical (unpaired) electrons. The Kier molecular flexibility index (Phi) is 6.98. The van der Waals surface area contributed by atoms with Crippen molar-refractivity contribution in [1.82, 2.24) is 40.4 Å². The van der Waals surface area contributed by atoms with E-state index in [4.69, 9.17) is 0 Å². The molecule has 9 heteroatoms. The fourth-order valence-corrected chi connectivity index (χ4v) is 4.04. The summed E-state index contributed by atoms with van der Waals surface area (Å²) in [4.78, 5) is 22.1. The van der Waals surface area contributed by atoms with Gasteiger partial charge < -0.3 is 0 Å². The molecule has 0 aliphatic carbocycles. The topological polar surface area (TPSA) is 115 Å². The second-order valence-corrected chi connectivity index (χ2v) is 8.53. The van der Waals surface area contributed by atoms with E-state index in [0.717, 1.165) is 53.0 Å². The third-order valence-corrected chi connectivity index (χ3v) is 5.93. The van der Waals surface area contributed by atoms with Gasteiger partial charge in [0.15, 0.2) is 5.82 Å². The minimum absolute atomic E-state index is 0.0838. The van der Waals surface area contributed by atoms with Crippen molar-refractivity contribution in [3.8, 4) is 22.5 Å². The number of aromatic nitrogens is 8. The molecule has 0 fully saturated rings. The van der Waals surface area contributed by atoms with Crippen LogP contribution < -0.4 is 0 Å². The Labute approximate surface area is 208 Å². The second-order valence-electron chi connectivity index (χ2n) is 8.53. The molecular weight excluding hydrogens is 452 g/mol. The molecule has 0 atom stereocenters. The molecule has 0 bridgehead atoms. The first-order valence-corrected chi connectivity index (χ1v) is 12.0. The number of hydrogen-bond acceptors (Lipinski definition) is 7. The van der Waals surface area contributed by atoms with Gasteiger partial charge in [-0.05, 0) is 34.0 Å². The third kappa shape index (κ3) is 5.25. The maximum absolute atomic E-state index is 12.9. The Bertz CT molecular complexity index is 1430. The van der Waals surface area contributed by atoms with Crippen molar-refractivity contribution >= 4 is 5.78 Å². The van der Waals surface area contributed by atoms with Crippen LogP contribution >= 0.6 is 0 Å². The molecule has 0 unspecified atom stereocenters. The molecule has 5 rings (SSSR count). The predicted octanol–water partition coefficient (Wildman–Crippen LogP) is 4.34. The average Bonchev–Trinajstić information content (AvgIpc) is 3.59. The highest BCUT2D eigenvalue weighted by Gasteiger charge is 2.17. The van der Waals surface area contributed by atoms with Crippen LogP contribution in [0.25, 0.3) is 22.5 Å². The van der Waals surface area contributed by atoms with Gasteiger partial charge in [-0.3, -0.25) is 9.78 Å². The molecule has 3 heterocycles. The Balaban J connectivity index is 1.37. The van der Waals surface area contributed by atoms with Gasteiger partial charge in [0, 0.05) is 30.2 Å². The van der Waals surface area contributed by atoms with E-state index < -0.39 is 0 Å². The molecule has 1 N–H and O–H groups in total. The van der Waals surface area contributed by atoms with Crippen molar-refractivity contribution in [2.75, 3.05) is 0 Å². The van der Waals surface area contributed by atoms with Crippen LogP contribution in [0.2, 0.25) is 0 Å². The van der Waals surface area contributed by atoms with Crippen LogP contribution in [0.15, 0.2) is 72.9 Å². The number of nitrogens with zero attached hydrogens (tertiary/aromatic N) is 7. The van der Waals surface area contributed by atoms with Crippen molar-refractivity contribution in [2.45, 2.75) is 39.2 Å². The van der Waals surface area contributed by atoms with E-state index in [2.05, 4.69) is 42.6 Å². The van der Waals surface area contributed by atoms with Crippen LogP contribution in [0.3, 0.4) is 0 Å². The molecule has 180 valence electrons. The summed E-state index contributed by atoms with van der Waals surface area (Å²) >= 11 is 0. The quantitative estimate of drug-likeness (QED) is 0.297. The zero-order chi connectivity index (χ0) is 24.7. The number of rotatable bonds is 10. The molecule has 2 aromatic carbocycles. The standard InChI is InChI=1S/C27H26N8O/c1-2-3-13-25-29-27(24(36)16-19-9-5-4-6-10-19)32-35(25)18-21-15-14-20(17-28-21)22-11-7-8-12-23(22)26-30-33-34-31-26/h4-12,14-15,17H,2-3,13,16,18H2,1H3,(H,30,31,33,34). The van der Waals surface area contributed by atoms with Crippen LogP contribution in [-0.4, -0.2) is 46.2 Å². The predicted molar refractivity (Wildman–Crippen MR) is 135 cm³/mol. The number of carbonyl (C=O) groups excluding carboxylic acids is 1. The van der Waals surface area contributed by atoms with E-state index in [1.807, 2.05) is 77.6 Å². The van der Waals surface area contributed by atoms with E-state index in [0.29, 0.717) is 12.4 Å². The number of aryl methyl sites for hydroxylation is 1. The summed E-state index contributed by atoms with van der Waals surface area (Å²) in [7, 11) is 0. The number of hydrogen-bond donors (Lipinski definition) is 1. The van der Waals surface area contributed by atoms with Gasteiger partial charge in [0.05, 0.1) is 12.2 Å². The molecule has 0 saturated carbocycles. The Morgan fingerprint density at radius 2 is 1.78 bits per heavy atom. The minimum Gasteiger partial charge on any atom is -0.290 e. The fourth-order valence-electron chi connectivity index (χ4n) is 4.04. The van der Waals surface area contributed by atoms with Crippen molar-refractivity contribution in [2.24, 2.45) is 0 Å². The number of ketones is 1. The van der Waals surface area contributed by atoms with Gasteiger partial charge in [-0.15, -0.1) is 10.2 Å². The van der Waals surface area contributed by atoms with Crippen molar-refractivity contribution in [3.63, 3.8) is 0 Å². The molecular formula is C27H26N8O. The van der Waals surface area contributed by atoms with Gasteiger partial charge in [0.25, 0.3) is 0 Å². The Morgan fingerprint density at radius 1 is 0.972 bits per heavy atom. The van der Waals surface area contributed by atoms with Gasteiger partial charge in [0.1, 0.15) is 5.82 Å². The van der Waals surface area contributed by atoms with Crippen LogP contribution in [0.1, 0.15) is 47.5 Å². The largest absolute Gasteiger partial charge is 0.290 e. The normalized spacial score (nSPS) is 11.0. The highest BCUT2D eigenvalue weighted by molar-refractivity contribution is 5.94. The van der Waals surface area contributed by atoms with Gasteiger partial charge in [-0.1, -0.05) is 74.0 Å². The lowest BCUT2D eigenvalue weighted by Crippen LogP contribution is -2.10. The highest BCUT2D eigenvalue weighted by atomic mass is 16.1. The first-order valence-electron chi connectivity index (χ1n) is 12.0. The van der Waals surface area contributed by atoms with E-state index in [-0.39, 0.29) is 18.0 Å². The molecule has 0 spiro atoms. The first kappa shape index (κ1) is 23.2. The fraction of sp³-hybridized carbons (Fsp3) is 0.222. The first-order chi connectivity index (χ1) is 17.7. The number of carbonyl (C=O) groups is 1. The van der Waals surface area contributed by atoms with Crippen LogP contribution in [-0.2, 0) is 19.4 Å². The van der Waals surface area contributed by atoms with Crippen molar-refractivity contribution < 1.29 is 4.79 Å². The molecule has 3 aromatic heterocycles. The summed E-state index contributed by atoms with van der Waals surface area (Å²) in [6, 6.07) is 21.6. The van der Waals surface area contributed by atoms with Crippen molar-refractivity contribution in [1.29, 1.82) is 0 Å². The molecule has 0 aliphatic heterocycles. The average molecular weight is 479 g/mol. The Morgan fingerprint density at radius 3 is 2.50 bits per heavy atom. The number of H-pyrrole nitrogens is 1. The second kappa shape index (κ2) is 10.8. The lowest BCUT2D eigenvalue weighted by atomic mass is 10.0. The van der Waals surface area contributed by atoms with E-state index in [1.54, 1.807) is 0 Å². The molecule has 0 amide bonds. The maximum Gasteiger partial charge on any atom is 0.217 e. The van der Waals surface area contributed by atoms with Gasteiger partial charge >= 0.3 is 0 Å². The number of nitrogens with one attached hydrogen (secondary N) is 1. The zero-order valence-corrected chi connectivity index (χ0v) is 20.0. The summed E-state index contributed by atoms with van der Waals surface area (Å²) < 4.78 is 1.81. The monoisotopic (exact) mass is 478 g/mol. The van der Waals surface area contributed by atoms with Gasteiger partial charge in [-0.2, -0.15) is 0 Å². The van der Waals surface area contributed by atoms with Crippen molar-refractivity contribution in [3.05, 3.63) is 95.8 Å². The molecule has 36 heavy (non-hydrogen) atoms. The number of benzene rings is 2. The highest BCUT2D eigenvalue weighted by Crippen LogP contribution is 2.29. The summed E-state index contributed by atoms with van der Waals surface area (Å²) in [5, 5.41) is 18.8. The third-order valence-electron chi connectivity index (χ3n) is 5.93. The minimum atomic E-state index is -0.0838. The van der Waals surface area contributed by atoms with Gasteiger partial charge in [-0.25, -0.2) is 14.8 Å². The maximum atomic E-state index is 12.9. The number of tetrazole rings is 1. The molecule has 0 aliphatic rings. The molecule has 0 saturated heterocycles. The van der Waals surface area contributed by atoms with Gasteiger partial charge in [0.2, 0.25) is 11.6 Å². The SMILES string of the molecule is CCCCc1nc(C(=O)Cc2ccccc2)nn1Cc1ccc(-c2ccccc2-c2nnn[nH]2)cn1. The van der Waals surface area contributed by atoms with E-state index in [1.165, 1.54) is 0 Å². The van der Waals surface area contributed by atoms with E-state index >= 15 is 0 Å². The summed E-state index contributed by atoms with van der Waals surface area (Å²) in [6.07, 6.45) is 4.89. The van der Waals surface area contributed by atoms with E-state index in [9.17, 15) is 4.79 Å². The number of pyridine rings is 1. The van der Waals surface area contributed by atoms with Crippen LogP contribution in [0.5, 0.6) is 0 Å². The number of aromatic amines is 1. The van der Waals surface area contributed by atoms with Crippen LogP contribution in [0, 0.1) is 0 Å². The molecule has 5 aromatic rings. The Hall–Kier alpha value is -4.53. The number of Topliss-reactive ketones (excluding diaryl/α,β-unsaturated/α-hetero) is 1. The summed E-state index contributed by atoms with van der Waals surface area (Å²) in [5.74, 6) is 1.59. The lowest BCUT2D eigenvalue weighted by Gasteiger charge is -2.09. The van der Waals surface area contributed by atoms with Crippen LogP contribution in [0.4, 0.5) is 0 Å². The lowest BCUT2D eigenvalue weighted by molar-refractivity contribution is 0.0982. The number of unbranched alkanes of at least 4 members (excludes halogenated alkanes) is 1. The smallest absolute Gasteiger partial charge is 0.217 e. The summed E-state index contributed by atoms with van der Waals surface area (Å²) in [6.45, 7) is 2.58. The molecule has 9 nitrogen and oxygen atoms in total. The summed E-state index contributed by atoms with van der Waals surface area (Å²) in [5.41, 5.74) is 4.62. The zero-order valence-electron chi connectivity index (χ0n) is 20.0.